The van der Waals surface area contributed by atoms with Gasteiger partial charge in [0.05, 0.1) is 31.0 Å². The summed E-state index contributed by atoms with van der Waals surface area (Å²) in [6, 6.07) is 3.77. The van der Waals surface area contributed by atoms with Crippen molar-refractivity contribution in [1.82, 2.24) is 15.3 Å². The number of fused-ring (bicyclic) bond motifs is 1. The summed E-state index contributed by atoms with van der Waals surface area (Å²) < 4.78 is 16.4. The minimum atomic E-state index is -0.586. The summed E-state index contributed by atoms with van der Waals surface area (Å²) in [5, 5.41) is 0.812. The van der Waals surface area contributed by atoms with E-state index in [1.165, 1.54) is 7.11 Å². The van der Waals surface area contributed by atoms with Crippen LogP contribution in [0.2, 0.25) is 0 Å². The maximum absolute atomic E-state index is 12.4. The molecule has 0 radical (unpaired) electrons. The minimum absolute atomic E-state index is 0.0391. The smallest absolute Gasteiger partial charge is 0.426 e. The third kappa shape index (κ3) is 6.40. The van der Waals surface area contributed by atoms with Gasteiger partial charge in [-0.2, -0.15) is 0 Å². The first-order valence-electron chi connectivity index (χ1n) is 11.7. The molecule has 0 aromatic carbocycles. The predicted octanol–water partition coefficient (Wildman–Crippen LogP) is 4.90. The molecule has 0 saturated carbocycles. The molecule has 9 nitrogen and oxygen atoms in total. The molecule has 3 rings (SSSR count). The molecule has 3 atom stereocenters. The van der Waals surface area contributed by atoms with Crippen LogP contribution in [0.15, 0.2) is 22.7 Å². The lowest BCUT2D eigenvalue weighted by Gasteiger charge is -2.44. The third-order valence-electron chi connectivity index (χ3n) is 6.30. The van der Waals surface area contributed by atoms with E-state index in [9.17, 15) is 9.59 Å². The number of carbonyl (C=O) groups excluding carboxylic acids is 2. The molecule has 188 valence electrons. The van der Waals surface area contributed by atoms with Gasteiger partial charge in [0.15, 0.2) is 0 Å². The normalized spacial score (nSPS) is 20.6. The molecular formula is C25H38N4O5. The number of nitrogens with zero attached hydrogens (tertiary/aromatic N) is 2. The van der Waals surface area contributed by atoms with Gasteiger partial charge in [-0.1, -0.05) is 20.8 Å². The fraction of sp³-hybridized carbons (Fsp3) is 0.640. The number of furan rings is 1. The first-order valence-corrected chi connectivity index (χ1v) is 11.7. The van der Waals surface area contributed by atoms with Crippen molar-refractivity contribution in [2.45, 2.75) is 66.5 Å². The molecule has 1 fully saturated rings. The summed E-state index contributed by atoms with van der Waals surface area (Å²) in [5.74, 6) is 0.802. The number of amides is 1. The average molecular weight is 475 g/mol. The second kappa shape index (κ2) is 9.82. The first-order chi connectivity index (χ1) is 15.8. The van der Waals surface area contributed by atoms with Crippen LogP contribution in [0.5, 0.6) is 0 Å². The van der Waals surface area contributed by atoms with Crippen LogP contribution < -0.4 is 10.9 Å². The number of hydrogen-bond donors (Lipinski definition) is 2. The van der Waals surface area contributed by atoms with Crippen LogP contribution in [-0.2, 0) is 14.3 Å². The predicted molar refractivity (Wildman–Crippen MR) is 130 cm³/mol. The van der Waals surface area contributed by atoms with E-state index in [2.05, 4.69) is 48.4 Å². The fourth-order valence-electron chi connectivity index (χ4n) is 4.25. The van der Waals surface area contributed by atoms with Gasteiger partial charge in [-0.3, -0.25) is 15.1 Å². The molecule has 1 unspecified atom stereocenters. The van der Waals surface area contributed by atoms with Crippen molar-refractivity contribution in [1.29, 1.82) is 0 Å². The Labute approximate surface area is 201 Å². The molecule has 0 aliphatic carbocycles. The Morgan fingerprint density at radius 3 is 2.50 bits per heavy atom. The molecule has 0 spiro atoms. The summed E-state index contributed by atoms with van der Waals surface area (Å²) in [5.41, 5.74) is 5.93. The lowest BCUT2D eigenvalue weighted by molar-refractivity contribution is -0.149. The molecule has 2 aromatic heterocycles. The number of nitrogens with one attached hydrogen (secondary N) is 2. The van der Waals surface area contributed by atoms with Crippen molar-refractivity contribution < 1.29 is 23.5 Å². The Bertz CT molecular complexity index is 1020. The molecule has 3 heterocycles. The number of likely N-dealkylation sites (tertiary alicyclic amines) is 1. The van der Waals surface area contributed by atoms with Crippen LogP contribution in [0.3, 0.4) is 0 Å². The van der Waals surface area contributed by atoms with Gasteiger partial charge in [0.25, 0.3) is 0 Å². The van der Waals surface area contributed by atoms with Crippen LogP contribution in [-0.4, -0.2) is 47.7 Å². The van der Waals surface area contributed by atoms with Crippen molar-refractivity contribution in [3.63, 3.8) is 0 Å². The summed E-state index contributed by atoms with van der Waals surface area (Å²) in [7, 11) is 1.45. The highest BCUT2D eigenvalue weighted by atomic mass is 16.6. The number of carbonyl (C=O) groups is 2. The fourth-order valence-corrected chi connectivity index (χ4v) is 4.25. The van der Waals surface area contributed by atoms with Crippen LogP contribution in [0.4, 0.5) is 10.5 Å². The van der Waals surface area contributed by atoms with Gasteiger partial charge in [0.2, 0.25) is 5.71 Å². The number of hydrogen-bond acceptors (Lipinski definition) is 8. The van der Waals surface area contributed by atoms with E-state index in [-0.39, 0.29) is 23.3 Å². The number of rotatable bonds is 5. The molecule has 2 aromatic rings. The Kier molecular flexibility index (Phi) is 7.45. The Morgan fingerprint density at radius 1 is 1.18 bits per heavy atom. The SMILES string of the molecule is COC(=O)[C@@H]1C[C@@H](C(C)(C)C)CN(C(C)c2cc3cc(NNC(=O)OC(C)(C)C)cnc3o2)C1. The zero-order chi connectivity index (χ0) is 25.3. The van der Waals surface area contributed by atoms with E-state index in [0.29, 0.717) is 23.9 Å². The zero-order valence-corrected chi connectivity index (χ0v) is 21.5. The van der Waals surface area contributed by atoms with E-state index in [4.69, 9.17) is 13.9 Å². The van der Waals surface area contributed by atoms with Gasteiger partial charge in [-0.25, -0.2) is 15.2 Å². The van der Waals surface area contributed by atoms with Crippen LogP contribution >= 0.6 is 0 Å². The highest BCUT2D eigenvalue weighted by molar-refractivity contribution is 5.79. The number of methoxy groups -OCH3 is 1. The number of pyridine rings is 1. The van der Waals surface area contributed by atoms with Crippen molar-refractivity contribution in [2.24, 2.45) is 17.3 Å². The van der Waals surface area contributed by atoms with E-state index in [1.807, 2.05) is 12.1 Å². The Hall–Kier alpha value is -2.81. The summed E-state index contributed by atoms with van der Waals surface area (Å²) in [6.45, 7) is 15.6. The Balaban J connectivity index is 1.74. The van der Waals surface area contributed by atoms with Crippen molar-refractivity contribution in [3.8, 4) is 0 Å². The average Bonchev–Trinajstić information content (AvgIpc) is 3.18. The maximum atomic E-state index is 12.4. The minimum Gasteiger partial charge on any atom is -0.469 e. The topological polar surface area (TPSA) is 106 Å². The quantitative estimate of drug-likeness (QED) is 0.466. The van der Waals surface area contributed by atoms with Gasteiger partial charge >= 0.3 is 12.1 Å². The van der Waals surface area contributed by atoms with E-state index < -0.39 is 11.7 Å². The zero-order valence-electron chi connectivity index (χ0n) is 21.5. The number of esters is 1. The third-order valence-corrected chi connectivity index (χ3v) is 6.30. The summed E-state index contributed by atoms with van der Waals surface area (Å²) in [4.78, 5) is 30.9. The number of ether oxygens (including phenoxy) is 2. The highest BCUT2D eigenvalue weighted by Crippen LogP contribution is 2.39. The highest BCUT2D eigenvalue weighted by Gasteiger charge is 2.39. The number of aromatic nitrogens is 1. The van der Waals surface area contributed by atoms with E-state index >= 15 is 0 Å². The van der Waals surface area contributed by atoms with Gasteiger partial charge in [-0.15, -0.1) is 0 Å². The van der Waals surface area contributed by atoms with Gasteiger partial charge in [0, 0.05) is 18.5 Å². The van der Waals surface area contributed by atoms with Gasteiger partial charge < -0.3 is 13.9 Å². The largest absolute Gasteiger partial charge is 0.469 e. The molecule has 1 aliphatic heterocycles. The molecular weight excluding hydrogens is 436 g/mol. The number of anilines is 1. The van der Waals surface area contributed by atoms with E-state index in [0.717, 1.165) is 24.1 Å². The van der Waals surface area contributed by atoms with Crippen molar-refractivity contribution in [2.75, 3.05) is 25.6 Å². The van der Waals surface area contributed by atoms with E-state index in [1.54, 1.807) is 27.0 Å². The van der Waals surface area contributed by atoms with Crippen LogP contribution in [0.25, 0.3) is 11.1 Å². The lowest BCUT2D eigenvalue weighted by Crippen LogP contribution is -2.47. The van der Waals surface area contributed by atoms with Gasteiger partial charge in [0.1, 0.15) is 11.4 Å². The second-order valence-corrected chi connectivity index (χ2v) is 11.2. The molecule has 0 bridgehead atoms. The molecule has 34 heavy (non-hydrogen) atoms. The molecule has 1 aliphatic rings. The second-order valence-electron chi connectivity index (χ2n) is 11.2. The van der Waals surface area contributed by atoms with Crippen LogP contribution in [0, 0.1) is 17.3 Å². The molecule has 1 saturated heterocycles. The molecule has 9 heteroatoms. The summed E-state index contributed by atoms with van der Waals surface area (Å²) >= 11 is 0. The van der Waals surface area contributed by atoms with Crippen molar-refractivity contribution >= 4 is 28.8 Å². The number of piperidine rings is 1. The number of hydrazine groups is 1. The Morgan fingerprint density at radius 2 is 1.88 bits per heavy atom. The maximum Gasteiger partial charge on any atom is 0.426 e. The lowest BCUT2D eigenvalue weighted by atomic mass is 9.73. The van der Waals surface area contributed by atoms with Crippen LogP contribution in [0.1, 0.15) is 66.7 Å². The van der Waals surface area contributed by atoms with Gasteiger partial charge in [-0.05, 0) is 57.6 Å². The molecule has 2 N–H and O–H groups in total. The van der Waals surface area contributed by atoms with Crippen molar-refractivity contribution in [3.05, 3.63) is 24.1 Å². The standard InChI is InChI=1S/C25H38N4O5/c1-15(29-13-17(22(30)32-8)9-18(14-29)24(2,3)4)20-11-16-10-19(12-26-21(16)33-20)27-28-23(31)34-25(5,6)7/h10-12,15,17-18,27H,9,13-14H2,1-8H3,(H,28,31)/t15?,17-,18-/m1/s1. The summed E-state index contributed by atoms with van der Waals surface area (Å²) in [6.07, 6.45) is 1.83. The molecule has 1 amide bonds. The first kappa shape index (κ1) is 25.8. The monoisotopic (exact) mass is 474 g/mol.